The number of imidazole rings is 1. The Morgan fingerprint density at radius 1 is 0.482 bits per heavy atom. The monoisotopic (exact) mass is 717 g/mol. The summed E-state index contributed by atoms with van der Waals surface area (Å²) < 4.78 is 7.03. The van der Waals surface area contributed by atoms with E-state index in [9.17, 15) is 0 Å². The fourth-order valence-electron chi connectivity index (χ4n) is 9.36. The van der Waals surface area contributed by atoms with E-state index in [2.05, 4.69) is 196 Å². The maximum Gasteiger partial charge on any atom is 0.221 e. The molecule has 0 amide bonds. The zero-order valence-corrected chi connectivity index (χ0v) is 30.8. The van der Waals surface area contributed by atoms with Gasteiger partial charge in [-0.05, 0) is 95.4 Å². The summed E-state index contributed by atoms with van der Waals surface area (Å²) in [6.07, 6.45) is 3.35. The number of allylic oxidation sites excluding steroid dienone is 1. The van der Waals surface area contributed by atoms with Crippen molar-refractivity contribution in [2.75, 3.05) is 0 Å². The van der Waals surface area contributed by atoms with Gasteiger partial charge in [-0.15, -0.1) is 0 Å². The van der Waals surface area contributed by atoms with Gasteiger partial charge in [0.15, 0.2) is 0 Å². The minimum absolute atomic E-state index is 0.250. The molecule has 1 aliphatic carbocycles. The molecule has 12 rings (SSSR count). The lowest BCUT2D eigenvalue weighted by molar-refractivity contribution is 0.719. The largest absolute Gasteiger partial charge is 0.309 e. The Kier molecular flexibility index (Phi) is 6.61. The molecule has 4 heterocycles. The van der Waals surface area contributed by atoms with Crippen LogP contribution in [-0.4, -0.2) is 23.5 Å². The van der Waals surface area contributed by atoms with Crippen LogP contribution in [0.2, 0.25) is 0 Å². The highest BCUT2D eigenvalue weighted by molar-refractivity contribution is 6.10. The number of fused-ring (bicyclic) bond motifs is 11. The van der Waals surface area contributed by atoms with Crippen molar-refractivity contribution in [3.8, 4) is 22.8 Å². The highest BCUT2D eigenvalue weighted by Gasteiger charge is 2.29. The van der Waals surface area contributed by atoms with Crippen molar-refractivity contribution in [1.82, 2.24) is 23.5 Å². The quantitative estimate of drug-likeness (QED) is 0.182. The number of hydrogen-bond acceptors (Lipinski definition) is 2. The van der Waals surface area contributed by atoms with Gasteiger partial charge in [0.25, 0.3) is 0 Å². The third kappa shape index (κ3) is 4.48. The summed E-state index contributed by atoms with van der Waals surface area (Å²) in [6, 6.07) is 61.0. The van der Waals surface area contributed by atoms with Crippen LogP contribution in [0.5, 0.6) is 0 Å². The van der Waals surface area contributed by atoms with Crippen LogP contribution in [0, 0.1) is 0 Å². The van der Waals surface area contributed by atoms with E-state index < -0.39 is 0 Å². The van der Waals surface area contributed by atoms with Crippen molar-refractivity contribution in [1.29, 1.82) is 0 Å². The zero-order chi connectivity index (χ0) is 36.9. The summed E-state index contributed by atoms with van der Waals surface area (Å²) in [4.78, 5) is 10.5. The van der Waals surface area contributed by atoms with Gasteiger partial charge in [-0.3, -0.25) is 8.97 Å². The van der Waals surface area contributed by atoms with Crippen molar-refractivity contribution >= 4 is 71.9 Å². The molecule has 264 valence electrons. The van der Waals surface area contributed by atoms with Gasteiger partial charge in [-0.1, -0.05) is 116 Å². The van der Waals surface area contributed by atoms with Crippen molar-refractivity contribution < 1.29 is 0 Å². The minimum Gasteiger partial charge on any atom is -0.309 e. The smallest absolute Gasteiger partial charge is 0.221 e. The number of rotatable bonds is 4. The van der Waals surface area contributed by atoms with E-state index >= 15 is 0 Å². The van der Waals surface area contributed by atoms with Crippen molar-refractivity contribution in [3.05, 3.63) is 187 Å². The van der Waals surface area contributed by atoms with E-state index in [1.807, 2.05) is 0 Å². The Morgan fingerprint density at radius 2 is 1.09 bits per heavy atom. The maximum atomic E-state index is 5.39. The average Bonchev–Trinajstić information content (AvgIpc) is 3.92. The molecule has 0 saturated heterocycles. The molecular weight excluding hydrogens is 683 g/mol. The summed E-state index contributed by atoms with van der Waals surface area (Å²) in [5, 5.41) is 4.82. The molecule has 0 fully saturated rings. The first-order valence-corrected chi connectivity index (χ1v) is 19.4. The Morgan fingerprint density at radius 3 is 1.89 bits per heavy atom. The van der Waals surface area contributed by atoms with Crippen LogP contribution in [0.1, 0.15) is 36.1 Å². The first kappa shape index (κ1) is 31.1. The number of para-hydroxylation sites is 6. The molecule has 11 aromatic rings. The van der Waals surface area contributed by atoms with Gasteiger partial charge in [-0.2, -0.15) is 0 Å². The standard InChI is InChI=1S/C51H35N5/c1-32-29-36(34-25-23-33(24-26-34)35-27-28-47-41(30-35)38-15-6-10-20-45(38)54(47)37-13-3-2-4-14-37)31-42-39-16-7-11-21-46(39)55(49(32)42)51-53-43-18-8-5-17-40(43)50-52-44-19-9-12-22-48(44)56(50)51/h2-28,30-32H,29H2,1H3. The first-order chi connectivity index (χ1) is 27.7. The van der Waals surface area contributed by atoms with E-state index in [4.69, 9.17) is 9.97 Å². The molecule has 0 aliphatic heterocycles. The van der Waals surface area contributed by atoms with E-state index in [1.54, 1.807) is 0 Å². The summed E-state index contributed by atoms with van der Waals surface area (Å²) in [6.45, 7) is 2.36. The van der Waals surface area contributed by atoms with E-state index in [0.717, 1.165) is 45.5 Å². The van der Waals surface area contributed by atoms with Gasteiger partial charge in [0, 0.05) is 44.4 Å². The van der Waals surface area contributed by atoms with Gasteiger partial charge >= 0.3 is 0 Å². The lowest BCUT2D eigenvalue weighted by atomic mass is 9.84. The van der Waals surface area contributed by atoms with Crippen molar-refractivity contribution in [3.63, 3.8) is 0 Å². The van der Waals surface area contributed by atoms with Crippen LogP contribution >= 0.6 is 0 Å². The Bertz CT molecular complexity index is 3400. The van der Waals surface area contributed by atoms with Crippen LogP contribution in [0.3, 0.4) is 0 Å². The molecule has 0 saturated carbocycles. The van der Waals surface area contributed by atoms with Crippen LogP contribution in [0.15, 0.2) is 170 Å². The zero-order valence-electron chi connectivity index (χ0n) is 30.8. The molecule has 5 heteroatoms. The van der Waals surface area contributed by atoms with Gasteiger partial charge in [0.1, 0.15) is 5.65 Å². The van der Waals surface area contributed by atoms with Gasteiger partial charge in [0.05, 0.1) is 33.1 Å². The van der Waals surface area contributed by atoms with E-state index in [1.165, 1.54) is 66.4 Å². The number of benzene rings is 7. The predicted molar refractivity (Wildman–Crippen MR) is 232 cm³/mol. The normalized spacial score (nSPS) is 14.4. The molecule has 0 N–H and O–H groups in total. The second kappa shape index (κ2) is 11.9. The third-order valence-corrected chi connectivity index (χ3v) is 11.9. The predicted octanol–water partition coefficient (Wildman–Crippen LogP) is 12.8. The fraction of sp³-hybridized carbons (Fsp3) is 0.0588. The second-order valence-electron chi connectivity index (χ2n) is 15.1. The van der Waals surface area contributed by atoms with Crippen LogP contribution < -0.4 is 0 Å². The van der Waals surface area contributed by atoms with E-state index in [0.29, 0.717) is 0 Å². The lowest BCUT2D eigenvalue weighted by Crippen LogP contribution is -2.13. The lowest BCUT2D eigenvalue weighted by Gasteiger charge is -2.24. The van der Waals surface area contributed by atoms with Gasteiger partial charge in [-0.25, -0.2) is 9.97 Å². The average molecular weight is 718 g/mol. The van der Waals surface area contributed by atoms with Crippen LogP contribution in [0.4, 0.5) is 0 Å². The summed E-state index contributed by atoms with van der Waals surface area (Å²) in [5.74, 6) is 1.13. The molecule has 0 bridgehead atoms. The van der Waals surface area contributed by atoms with Gasteiger partial charge in [0.2, 0.25) is 5.95 Å². The van der Waals surface area contributed by atoms with Gasteiger partial charge < -0.3 is 4.57 Å². The second-order valence-corrected chi connectivity index (χ2v) is 15.1. The molecule has 4 aromatic heterocycles. The topological polar surface area (TPSA) is 40.0 Å². The Balaban J connectivity index is 0.983. The van der Waals surface area contributed by atoms with Crippen molar-refractivity contribution in [2.45, 2.75) is 19.3 Å². The number of aromatic nitrogens is 5. The molecule has 7 aromatic carbocycles. The maximum absolute atomic E-state index is 5.39. The Hall–Kier alpha value is -7.24. The molecule has 1 atom stereocenters. The minimum atomic E-state index is 0.250. The summed E-state index contributed by atoms with van der Waals surface area (Å²) in [5.41, 5.74) is 16.3. The fourth-order valence-corrected chi connectivity index (χ4v) is 9.36. The highest BCUT2D eigenvalue weighted by atomic mass is 15.2. The highest BCUT2D eigenvalue weighted by Crippen LogP contribution is 2.45. The SMILES string of the molecule is CC1CC(c2ccc(-c3ccc4c(c3)c3ccccc3n4-c3ccccc3)cc2)=Cc2c1n(-c1nc3ccccc3c3nc4ccccc4n13)c1ccccc21. The summed E-state index contributed by atoms with van der Waals surface area (Å²) in [7, 11) is 0. The molecule has 1 aliphatic rings. The van der Waals surface area contributed by atoms with Crippen LogP contribution in [0.25, 0.3) is 94.7 Å². The molecule has 56 heavy (non-hydrogen) atoms. The van der Waals surface area contributed by atoms with Crippen molar-refractivity contribution in [2.24, 2.45) is 0 Å². The molecule has 0 spiro atoms. The molecule has 5 nitrogen and oxygen atoms in total. The molecule has 1 unspecified atom stereocenters. The number of hydrogen-bond donors (Lipinski definition) is 0. The van der Waals surface area contributed by atoms with E-state index in [-0.39, 0.29) is 5.92 Å². The third-order valence-electron chi connectivity index (χ3n) is 11.9. The van der Waals surface area contributed by atoms with Crippen LogP contribution in [-0.2, 0) is 0 Å². The summed E-state index contributed by atoms with van der Waals surface area (Å²) >= 11 is 0. The number of nitrogens with zero attached hydrogens (tertiary/aromatic N) is 5. The molecule has 0 radical (unpaired) electrons. The molecular formula is C51H35N5. The first-order valence-electron chi connectivity index (χ1n) is 19.4. The Labute approximate surface area is 323 Å².